The second-order valence-corrected chi connectivity index (χ2v) is 3.53. The van der Waals surface area contributed by atoms with Crippen molar-refractivity contribution < 1.29 is 12.9 Å². The highest BCUT2D eigenvalue weighted by Crippen LogP contribution is 2.18. The second kappa shape index (κ2) is 2.73. The standard InChI is InChI=1S/C7H4BF3NS/c9-8(10,11)6-1-2-7-5(3-6)4-12-13-7/h1-4H/q-1. The first-order valence-corrected chi connectivity index (χ1v) is 4.39. The minimum Gasteiger partial charge on any atom is -0.445 e. The van der Waals surface area contributed by atoms with Gasteiger partial charge in [0.15, 0.2) is 0 Å². The lowest BCUT2D eigenvalue weighted by molar-refractivity contribution is 0.501. The van der Waals surface area contributed by atoms with E-state index in [1.165, 1.54) is 23.8 Å². The van der Waals surface area contributed by atoms with Gasteiger partial charge >= 0.3 is 6.98 Å². The molecule has 0 spiro atoms. The van der Waals surface area contributed by atoms with Crippen LogP contribution in [-0.4, -0.2) is 11.4 Å². The van der Waals surface area contributed by atoms with Crippen LogP contribution in [0.4, 0.5) is 12.9 Å². The Labute approximate surface area is 76.4 Å². The van der Waals surface area contributed by atoms with E-state index >= 15 is 0 Å². The van der Waals surface area contributed by atoms with E-state index in [1.54, 1.807) is 0 Å². The molecule has 0 amide bonds. The Balaban J connectivity index is 2.61. The minimum absolute atomic E-state index is 0.557. The van der Waals surface area contributed by atoms with Crippen LogP contribution in [0.3, 0.4) is 0 Å². The van der Waals surface area contributed by atoms with E-state index in [9.17, 15) is 12.9 Å². The van der Waals surface area contributed by atoms with Crippen molar-refractivity contribution >= 4 is 34.1 Å². The van der Waals surface area contributed by atoms with Crippen LogP contribution < -0.4 is 5.46 Å². The molecular weight excluding hydrogens is 198 g/mol. The van der Waals surface area contributed by atoms with Crippen molar-refractivity contribution in [3.63, 3.8) is 0 Å². The predicted molar refractivity (Wildman–Crippen MR) is 48.3 cm³/mol. The molecule has 0 aliphatic carbocycles. The van der Waals surface area contributed by atoms with Crippen LogP contribution in [0.25, 0.3) is 10.1 Å². The van der Waals surface area contributed by atoms with E-state index in [-0.39, 0.29) is 0 Å². The van der Waals surface area contributed by atoms with Crippen LogP contribution in [0.5, 0.6) is 0 Å². The van der Waals surface area contributed by atoms with Crippen molar-refractivity contribution in [2.75, 3.05) is 0 Å². The number of benzene rings is 1. The molecule has 2 aromatic rings. The summed E-state index contributed by atoms with van der Waals surface area (Å²) in [6.07, 6.45) is 1.45. The smallest absolute Gasteiger partial charge is 0.445 e. The molecule has 0 unspecified atom stereocenters. The summed E-state index contributed by atoms with van der Waals surface area (Å²) < 4.78 is 41.4. The number of rotatable bonds is 1. The topological polar surface area (TPSA) is 12.9 Å². The van der Waals surface area contributed by atoms with E-state index in [0.717, 1.165) is 16.8 Å². The first-order chi connectivity index (χ1) is 6.07. The lowest BCUT2D eigenvalue weighted by Gasteiger charge is -2.13. The Bertz CT molecular complexity index is 436. The number of hydrogen-bond acceptors (Lipinski definition) is 2. The highest BCUT2D eigenvalue weighted by molar-refractivity contribution is 7.13. The van der Waals surface area contributed by atoms with E-state index in [1.807, 2.05) is 0 Å². The molecule has 0 aliphatic rings. The van der Waals surface area contributed by atoms with Crippen molar-refractivity contribution in [2.45, 2.75) is 0 Å². The summed E-state index contributed by atoms with van der Waals surface area (Å²) >= 11 is 1.20. The number of nitrogens with zero attached hydrogens (tertiary/aromatic N) is 1. The molecule has 6 heteroatoms. The molecule has 1 aromatic carbocycles. The van der Waals surface area contributed by atoms with Crippen LogP contribution in [0.1, 0.15) is 0 Å². The molecule has 68 valence electrons. The number of halogens is 3. The Morgan fingerprint density at radius 2 is 2.00 bits per heavy atom. The fourth-order valence-corrected chi connectivity index (χ4v) is 1.72. The Kier molecular flexibility index (Phi) is 1.80. The zero-order valence-corrected chi connectivity index (χ0v) is 7.19. The molecule has 0 bridgehead atoms. The average Bonchev–Trinajstić information content (AvgIpc) is 2.47. The van der Waals surface area contributed by atoms with Crippen molar-refractivity contribution in [1.82, 2.24) is 4.37 Å². The van der Waals surface area contributed by atoms with Gasteiger partial charge in [-0.2, -0.15) is 4.37 Å². The third kappa shape index (κ3) is 1.53. The molecule has 0 saturated carbocycles. The lowest BCUT2D eigenvalue weighted by Crippen LogP contribution is -2.33. The van der Waals surface area contributed by atoms with Crippen molar-refractivity contribution in [2.24, 2.45) is 0 Å². The highest BCUT2D eigenvalue weighted by atomic mass is 32.1. The second-order valence-electron chi connectivity index (χ2n) is 2.70. The number of aromatic nitrogens is 1. The zero-order chi connectivity index (χ0) is 9.47. The molecule has 1 aromatic heterocycles. The van der Waals surface area contributed by atoms with Crippen LogP contribution in [0.15, 0.2) is 24.4 Å². The van der Waals surface area contributed by atoms with Crippen LogP contribution >= 0.6 is 11.5 Å². The maximum Gasteiger partial charge on any atom is 0.509 e. The van der Waals surface area contributed by atoms with Gasteiger partial charge in [-0.05, 0) is 17.6 Å². The summed E-state index contributed by atoms with van der Waals surface area (Å²) in [5, 5.41) is 0.557. The normalized spacial score (nSPS) is 12.2. The largest absolute Gasteiger partial charge is 0.509 e. The van der Waals surface area contributed by atoms with Gasteiger partial charge in [-0.25, -0.2) is 0 Å². The summed E-state index contributed by atoms with van der Waals surface area (Å²) in [4.78, 5) is 0. The molecule has 0 atom stereocenters. The monoisotopic (exact) mass is 202 g/mol. The molecule has 0 saturated heterocycles. The zero-order valence-electron chi connectivity index (χ0n) is 6.38. The lowest BCUT2D eigenvalue weighted by atomic mass is 9.80. The quantitative estimate of drug-likeness (QED) is 0.646. The third-order valence-corrected chi connectivity index (χ3v) is 2.53. The molecule has 1 nitrogen and oxygen atoms in total. The Morgan fingerprint density at radius 1 is 1.23 bits per heavy atom. The fraction of sp³-hybridized carbons (Fsp3) is 0. The Morgan fingerprint density at radius 3 is 2.69 bits per heavy atom. The predicted octanol–water partition coefficient (Wildman–Crippen LogP) is 2.35. The summed E-state index contributed by atoms with van der Waals surface area (Å²) in [5.74, 6) is 0. The number of hydrogen-bond donors (Lipinski definition) is 0. The van der Waals surface area contributed by atoms with E-state index in [2.05, 4.69) is 4.37 Å². The maximum absolute atomic E-state index is 12.3. The molecule has 0 radical (unpaired) electrons. The minimum atomic E-state index is -4.89. The van der Waals surface area contributed by atoms with E-state index < -0.39 is 12.4 Å². The van der Waals surface area contributed by atoms with Gasteiger partial charge in [0, 0.05) is 11.6 Å². The highest BCUT2D eigenvalue weighted by Gasteiger charge is 2.25. The molecule has 2 rings (SSSR count). The van der Waals surface area contributed by atoms with Gasteiger partial charge in [0.25, 0.3) is 0 Å². The fourth-order valence-electron chi connectivity index (χ4n) is 1.09. The summed E-state index contributed by atoms with van der Waals surface area (Å²) in [6.45, 7) is -4.89. The van der Waals surface area contributed by atoms with E-state index in [4.69, 9.17) is 0 Å². The molecule has 13 heavy (non-hydrogen) atoms. The van der Waals surface area contributed by atoms with Gasteiger partial charge in [0.2, 0.25) is 0 Å². The van der Waals surface area contributed by atoms with Gasteiger partial charge in [-0.15, -0.1) is 5.46 Å². The third-order valence-electron chi connectivity index (χ3n) is 1.75. The molecule has 0 N–H and O–H groups in total. The summed E-state index contributed by atoms with van der Waals surface area (Å²) in [6, 6.07) is 3.69. The summed E-state index contributed by atoms with van der Waals surface area (Å²) in [7, 11) is 0. The van der Waals surface area contributed by atoms with Crippen LogP contribution in [0, 0.1) is 0 Å². The van der Waals surface area contributed by atoms with Crippen LogP contribution in [0.2, 0.25) is 0 Å². The van der Waals surface area contributed by atoms with Crippen molar-refractivity contribution in [3.05, 3.63) is 24.4 Å². The molecule has 0 aliphatic heterocycles. The van der Waals surface area contributed by atoms with Gasteiger partial charge in [-0.1, -0.05) is 12.1 Å². The molecule has 0 fully saturated rings. The van der Waals surface area contributed by atoms with Crippen LogP contribution in [-0.2, 0) is 0 Å². The molecule has 1 heterocycles. The maximum atomic E-state index is 12.3. The van der Waals surface area contributed by atoms with Gasteiger partial charge in [0.05, 0.1) is 4.70 Å². The SMILES string of the molecule is F[B-](F)(F)c1ccc2sncc2c1. The average molecular weight is 202 g/mol. The first-order valence-electron chi connectivity index (χ1n) is 3.61. The summed E-state index contributed by atoms with van der Waals surface area (Å²) in [5.41, 5.74) is -0.562. The molecular formula is C7H4BF3NS-. The number of fused-ring (bicyclic) bond motifs is 1. The first kappa shape index (κ1) is 8.56. The van der Waals surface area contributed by atoms with Gasteiger partial charge < -0.3 is 12.9 Å². The van der Waals surface area contributed by atoms with E-state index in [0.29, 0.717) is 5.39 Å². The van der Waals surface area contributed by atoms with Gasteiger partial charge in [0.1, 0.15) is 0 Å². The van der Waals surface area contributed by atoms with Gasteiger partial charge in [-0.3, -0.25) is 0 Å². The van der Waals surface area contributed by atoms with Crippen molar-refractivity contribution in [1.29, 1.82) is 0 Å². The Hall–Kier alpha value is -1.04. The van der Waals surface area contributed by atoms with Crippen molar-refractivity contribution in [3.8, 4) is 0 Å².